The predicted octanol–water partition coefficient (Wildman–Crippen LogP) is 6.48. The zero-order chi connectivity index (χ0) is 28.6. The average Bonchev–Trinajstić information content (AvgIpc) is 3.31. The summed E-state index contributed by atoms with van der Waals surface area (Å²) >= 11 is 0. The zero-order valence-electron chi connectivity index (χ0n) is 24.4. The van der Waals surface area contributed by atoms with E-state index >= 15 is 0 Å². The smallest absolute Gasteiger partial charge is 0.342 e. The number of nitrogens with zero attached hydrogens (tertiary/aromatic N) is 3. The number of ether oxygens (including phenoxy) is 3. The summed E-state index contributed by atoms with van der Waals surface area (Å²) < 4.78 is 28.3. The highest BCUT2D eigenvalue weighted by atomic mass is 16.6. The van der Waals surface area contributed by atoms with Gasteiger partial charge >= 0.3 is 11.6 Å². The van der Waals surface area contributed by atoms with Crippen molar-refractivity contribution in [3.8, 4) is 17.6 Å². The van der Waals surface area contributed by atoms with E-state index in [1.807, 2.05) is 93.6 Å². The minimum Gasteiger partial charge on any atom is -0.490 e. The number of aryl methyl sites for hydroxylation is 3. The monoisotopic (exact) mass is 527 g/mol. The molecule has 38 heavy (non-hydrogen) atoms. The third kappa shape index (κ3) is 8.68. The molecule has 0 saturated heterocycles. The Hall–Kier alpha value is -3.75. The first kappa shape index (κ1) is 30.5. The van der Waals surface area contributed by atoms with Crippen LogP contribution < -0.4 is 19.8 Å². The number of fused-ring (bicyclic) bond motifs is 1. The van der Waals surface area contributed by atoms with Gasteiger partial charge in [-0.3, -0.25) is 0 Å². The number of rotatable bonds is 6. The molecule has 9 heteroatoms. The lowest BCUT2D eigenvalue weighted by Crippen LogP contribution is -2.12. The first-order valence-electron chi connectivity index (χ1n) is 12.8. The van der Waals surface area contributed by atoms with Crippen molar-refractivity contribution in [2.75, 3.05) is 0 Å². The standard InChI is InChI=1S/C13H14O3.C8H14N2O.C8H13NO2/c1-8(2)15-12-9(3)13(14)16-11-7-5-4-6-10(11)12;1-6(2)11-8-5-7(3)9-10(8)4;1-5(2)10-8-6(3)7(4)9-11-8/h4-8H,1-3H3;5-6H,1-4H3;5H,1-4H3. The molecule has 208 valence electrons. The van der Waals surface area contributed by atoms with Crippen LogP contribution in [0.15, 0.2) is 44.1 Å². The van der Waals surface area contributed by atoms with Gasteiger partial charge in [-0.25, -0.2) is 9.48 Å². The van der Waals surface area contributed by atoms with E-state index in [0.717, 1.165) is 28.2 Å². The molecule has 0 N–H and O–H groups in total. The van der Waals surface area contributed by atoms with Crippen molar-refractivity contribution in [3.63, 3.8) is 0 Å². The first-order valence-corrected chi connectivity index (χ1v) is 12.8. The Morgan fingerprint density at radius 3 is 1.95 bits per heavy atom. The van der Waals surface area contributed by atoms with Crippen molar-refractivity contribution in [3.05, 3.63) is 63.3 Å². The molecule has 0 aliphatic heterocycles. The van der Waals surface area contributed by atoms with E-state index in [1.165, 1.54) is 0 Å². The van der Waals surface area contributed by atoms with Crippen molar-refractivity contribution in [1.82, 2.24) is 14.9 Å². The molecule has 4 aromatic rings. The summed E-state index contributed by atoms with van der Waals surface area (Å²) in [6, 6.07) is 9.32. The summed E-state index contributed by atoms with van der Waals surface area (Å²) in [6.45, 7) is 19.3. The molecule has 0 atom stereocenters. The third-order valence-electron chi connectivity index (χ3n) is 5.11. The minimum atomic E-state index is -0.339. The Bertz CT molecular complexity index is 1360. The van der Waals surface area contributed by atoms with Crippen LogP contribution in [0.25, 0.3) is 11.0 Å². The molecule has 0 spiro atoms. The molecule has 0 unspecified atom stereocenters. The molecule has 0 aliphatic rings. The molecule has 0 radical (unpaired) electrons. The molecular formula is C29H41N3O6. The molecule has 0 amide bonds. The van der Waals surface area contributed by atoms with Crippen LogP contribution in [0.5, 0.6) is 17.6 Å². The van der Waals surface area contributed by atoms with E-state index < -0.39 is 0 Å². The number of hydrogen-bond acceptors (Lipinski definition) is 8. The van der Waals surface area contributed by atoms with Gasteiger partial charge in [-0.1, -0.05) is 17.3 Å². The molecule has 3 aromatic heterocycles. The summed E-state index contributed by atoms with van der Waals surface area (Å²) in [5.74, 6) is 2.00. The van der Waals surface area contributed by atoms with Crippen LogP contribution in [-0.2, 0) is 7.05 Å². The maximum atomic E-state index is 11.6. The molecule has 0 bridgehead atoms. The number of benzene rings is 1. The Morgan fingerprint density at radius 1 is 0.842 bits per heavy atom. The van der Waals surface area contributed by atoms with E-state index in [0.29, 0.717) is 22.8 Å². The average molecular weight is 528 g/mol. The van der Waals surface area contributed by atoms with Crippen molar-refractivity contribution >= 4 is 11.0 Å². The van der Waals surface area contributed by atoms with Crippen LogP contribution in [0.4, 0.5) is 0 Å². The SMILES string of the molecule is Cc1c(OC(C)C)c2ccccc2oc1=O.Cc1cc(OC(C)C)n(C)n1.Cc1noc(OC(C)C)c1C. The molecule has 4 rings (SSSR count). The van der Waals surface area contributed by atoms with E-state index in [1.54, 1.807) is 17.7 Å². The fourth-order valence-electron chi connectivity index (χ4n) is 3.26. The number of hydrogen-bond donors (Lipinski definition) is 0. The Morgan fingerprint density at radius 2 is 1.45 bits per heavy atom. The minimum absolute atomic E-state index is 0.0314. The first-order chi connectivity index (χ1) is 17.8. The van der Waals surface area contributed by atoms with Gasteiger partial charge in [-0.05, 0) is 81.4 Å². The van der Waals surface area contributed by atoms with Gasteiger partial charge in [0.05, 0.1) is 46.2 Å². The summed E-state index contributed by atoms with van der Waals surface area (Å²) in [4.78, 5) is 11.6. The summed E-state index contributed by atoms with van der Waals surface area (Å²) in [5, 5.41) is 8.77. The molecule has 0 saturated carbocycles. The van der Waals surface area contributed by atoms with Crippen molar-refractivity contribution in [1.29, 1.82) is 0 Å². The molecule has 0 fully saturated rings. The lowest BCUT2D eigenvalue weighted by molar-refractivity contribution is 0.165. The van der Waals surface area contributed by atoms with Gasteiger partial charge < -0.3 is 23.2 Å². The summed E-state index contributed by atoms with van der Waals surface area (Å²) in [5.41, 5.74) is 3.61. The van der Waals surface area contributed by atoms with Crippen molar-refractivity contribution in [2.24, 2.45) is 7.05 Å². The van der Waals surface area contributed by atoms with Gasteiger partial charge in [0.2, 0.25) is 5.88 Å². The molecular weight excluding hydrogens is 486 g/mol. The summed E-state index contributed by atoms with van der Waals surface area (Å²) in [7, 11) is 1.88. The normalized spacial score (nSPS) is 10.8. The van der Waals surface area contributed by atoms with Crippen LogP contribution in [0.2, 0.25) is 0 Å². The largest absolute Gasteiger partial charge is 0.490 e. The van der Waals surface area contributed by atoms with Gasteiger partial charge in [-0.15, -0.1) is 0 Å². The van der Waals surface area contributed by atoms with E-state index in [4.69, 9.17) is 23.2 Å². The van der Waals surface area contributed by atoms with Crippen LogP contribution in [-0.4, -0.2) is 33.2 Å². The highest BCUT2D eigenvalue weighted by Gasteiger charge is 2.13. The van der Waals surface area contributed by atoms with Crippen molar-refractivity contribution < 1.29 is 23.2 Å². The number of para-hydroxylation sites is 1. The van der Waals surface area contributed by atoms with Gasteiger partial charge in [0.1, 0.15) is 11.3 Å². The second-order valence-electron chi connectivity index (χ2n) is 9.77. The van der Waals surface area contributed by atoms with Crippen LogP contribution in [0.3, 0.4) is 0 Å². The van der Waals surface area contributed by atoms with Crippen molar-refractivity contribution in [2.45, 2.75) is 87.5 Å². The Balaban J connectivity index is 0.000000206. The maximum Gasteiger partial charge on any atom is 0.342 e. The lowest BCUT2D eigenvalue weighted by atomic mass is 10.1. The highest BCUT2D eigenvalue weighted by Crippen LogP contribution is 2.27. The zero-order valence-corrected chi connectivity index (χ0v) is 24.4. The van der Waals surface area contributed by atoms with Gasteiger partial charge in [0.15, 0.2) is 0 Å². The molecule has 3 heterocycles. The highest BCUT2D eigenvalue weighted by molar-refractivity contribution is 5.84. The molecule has 0 aliphatic carbocycles. The fourth-order valence-corrected chi connectivity index (χ4v) is 3.26. The van der Waals surface area contributed by atoms with E-state index in [2.05, 4.69) is 10.3 Å². The second kappa shape index (κ2) is 13.7. The Labute approximate surface area is 224 Å². The quantitative estimate of drug-likeness (QED) is 0.263. The summed E-state index contributed by atoms with van der Waals surface area (Å²) in [6.07, 6.45) is 0.384. The van der Waals surface area contributed by atoms with Gasteiger partial charge in [0, 0.05) is 13.1 Å². The van der Waals surface area contributed by atoms with E-state index in [-0.39, 0.29) is 23.9 Å². The van der Waals surface area contributed by atoms with Gasteiger partial charge in [-0.2, -0.15) is 5.10 Å². The predicted molar refractivity (Wildman–Crippen MR) is 148 cm³/mol. The maximum absolute atomic E-state index is 11.6. The van der Waals surface area contributed by atoms with E-state index in [9.17, 15) is 4.79 Å². The topological polar surface area (TPSA) is 102 Å². The number of aromatic nitrogens is 3. The van der Waals surface area contributed by atoms with Crippen LogP contribution in [0, 0.1) is 27.7 Å². The fraction of sp³-hybridized carbons (Fsp3) is 0.483. The second-order valence-corrected chi connectivity index (χ2v) is 9.77. The molecule has 1 aromatic carbocycles. The van der Waals surface area contributed by atoms with Crippen LogP contribution >= 0.6 is 0 Å². The van der Waals surface area contributed by atoms with Gasteiger partial charge in [0.25, 0.3) is 0 Å². The lowest BCUT2D eigenvalue weighted by Gasteiger charge is -2.13. The Kier molecular flexibility index (Phi) is 11.0. The third-order valence-corrected chi connectivity index (χ3v) is 5.11. The van der Waals surface area contributed by atoms with Crippen LogP contribution in [0.1, 0.15) is 64.1 Å². The molecule has 9 nitrogen and oxygen atoms in total.